The average molecular weight is 285 g/mol. The van der Waals surface area contributed by atoms with E-state index in [1.54, 1.807) is 4.31 Å². The quantitative estimate of drug-likeness (QED) is 0.736. The third-order valence-electron chi connectivity index (χ3n) is 3.17. The van der Waals surface area contributed by atoms with Crippen LogP contribution < -0.4 is 0 Å². The van der Waals surface area contributed by atoms with E-state index in [9.17, 15) is 8.42 Å². The molecule has 1 aromatic carbocycles. The van der Waals surface area contributed by atoms with Crippen LogP contribution in [0, 0.1) is 0 Å². The van der Waals surface area contributed by atoms with Gasteiger partial charge >= 0.3 is 0 Å². The summed E-state index contributed by atoms with van der Waals surface area (Å²) in [5, 5.41) is 0. The van der Waals surface area contributed by atoms with Gasteiger partial charge in [0.1, 0.15) is 0 Å². The summed E-state index contributed by atoms with van der Waals surface area (Å²) in [7, 11) is -1.77. The van der Waals surface area contributed by atoms with Crippen LogP contribution in [-0.2, 0) is 21.3 Å². The van der Waals surface area contributed by atoms with Gasteiger partial charge in [-0.3, -0.25) is 0 Å². The van der Waals surface area contributed by atoms with Gasteiger partial charge < -0.3 is 4.74 Å². The Morgan fingerprint density at radius 1 is 1.26 bits per heavy atom. The van der Waals surface area contributed by atoms with E-state index in [0.29, 0.717) is 6.54 Å². The van der Waals surface area contributed by atoms with Gasteiger partial charge in [0.05, 0.1) is 12.4 Å². The molecule has 0 saturated heterocycles. The van der Waals surface area contributed by atoms with Gasteiger partial charge in [-0.15, -0.1) is 0 Å². The molecule has 108 valence electrons. The summed E-state index contributed by atoms with van der Waals surface area (Å²) < 4.78 is 31.1. The first kappa shape index (κ1) is 16.1. The third-order valence-corrected chi connectivity index (χ3v) is 5.05. The standard InChI is InChI=1S/C14H23NO3S/c1-4-13(2)15(19(16,17)11-10-18-3)12-14-8-6-5-7-9-14/h5-9,13H,4,10-12H2,1-3H3/t13-/m1/s1. The average Bonchev–Trinajstić information content (AvgIpc) is 2.42. The molecule has 4 nitrogen and oxygen atoms in total. The monoisotopic (exact) mass is 285 g/mol. The van der Waals surface area contributed by atoms with Crippen LogP contribution >= 0.6 is 0 Å². The van der Waals surface area contributed by atoms with Gasteiger partial charge in [0.15, 0.2) is 0 Å². The molecule has 0 heterocycles. The van der Waals surface area contributed by atoms with E-state index in [4.69, 9.17) is 4.74 Å². The van der Waals surface area contributed by atoms with E-state index in [1.807, 2.05) is 44.2 Å². The van der Waals surface area contributed by atoms with E-state index in [2.05, 4.69) is 0 Å². The molecule has 1 rings (SSSR count). The number of methoxy groups -OCH3 is 1. The largest absolute Gasteiger partial charge is 0.384 e. The lowest BCUT2D eigenvalue weighted by Gasteiger charge is -2.27. The number of nitrogens with zero attached hydrogens (tertiary/aromatic N) is 1. The first-order valence-corrected chi connectivity index (χ1v) is 8.14. The fraction of sp³-hybridized carbons (Fsp3) is 0.571. The van der Waals surface area contributed by atoms with E-state index >= 15 is 0 Å². The lowest BCUT2D eigenvalue weighted by Crippen LogP contribution is -2.40. The number of benzene rings is 1. The fourth-order valence-corrected chi connectivity index (χ4v) is 3.46. The Morgan fingerprint density at radius 3 is 2.42 bits per heavy atom. The summed E-state index contributed by atoms with van der Waals surface area (Å²) in [5.74, 6) is 0.0284. The smallest absolute Gasteiger partial charge is 0.216 e. The van der Waals surface area contributed by atoms with Crippen molar-refractivity contribution in [3.63, 3.8) is 0 Å². The van der Waals surface area contributed by atoms with Crippen molar-refractivity contribution >= 4 is 10.0 Å². The molecule has 0 radical (unpaired) electrons. The zero-order valence-electron chi connectivity index (χ0n) is 11.9. The van der Waals surface area contributed by atoms with E-state index in [-0.39, 0.29) is 18.4 Å². The van der Waals surface area contributed by atoms with E-state index in [1.165, 1.54) is 7.11 Å². The molecule has 0 spiro atoms. The Morgan fingerprint density at radius 2 is 1.89 bits per heavy atom. The highest BCUT2D eigenvalue weighted by Crippen LogP contribution is 2.16. The van der Waals surface area contributed by atoms with Crippen LogP contribution in [0.4, 0.5) is 0 Å². The maximum atomic E-state index is 12.3. The second kappa shape index (κ2) is 7.62. The highest BCUT2D eigenvalue weighted by Gasteiger charge is 2.26. The minimum Gasteiger partial charge on any atom is -0.384 e. The van der Waals surface area contributed by atoms with Crippen LogP contribution in [0.2, 0.25) is 0 Å². The van der Waals surface area contributed by atoms with Crippen LogP contribution in [0.5, 0.6) is 0 Å². The lowest BCUT2D eigenvalue weighted by molar-refractivity contribution is 0.214. The number of rotatable bonds is 8. The Kier molecular flexibility index (Phi) is 6.48. The van der Waals surface area contributed by atoms with Gasteiger partial charge in [-0.05, 0) is 18.9 Å². The molecule has 1 atom stereocenters. The molecular weight excluding hydrogens is 262 g/mol. The van der Waals surface area contributed by atoms with E-state index < -0.39 is 10.0 Å². The Labute approximate surface area is 116 Å². The van der Waals surface area contributed by atoms with Crippen molar-refractivity contribution in [3.8, 4) is 0 Å². The highest BCUT2D eigenvalue weighted by atomic mass is 32.2. The maximum Gasteiger partial charge on any atom is 0.216 e. The molecule has 0 bridgehead atoms. The van der Waals surface area contributed by atoms with Gasteiger partial charge in [0, 0.05) is 19.7 Å². The number of hydrogen-bond acceptors (Lipinski definition) is 3. The van der Waals surface area contributed by atoms with Crippen LogP contribution in [0.25, 0.3) is 0 Å². The predicted molar refractivity (Wildman–Crippen MR) is 77.4 cm³/mol. The molecule has 0 amide bonds. The molecule has 5 heteroatoms. The van der Waals surface area contributed by atoms with Crippen molar-refractivity contribution in [1.82, 2.24) is 4.31 Å². The minimum absolute atomic E-state index is 0.0120. The topological polar surface area (TPSA) is 46.6 Å². The molecule has 0 aliphatic carbocycles. The molecular formula is C14H23NO3S. The molecule has 0 aromatic heterocycles. The zero-order chi connectivity index (χ0) is 14.3. The van der Waals surface area contributed by atoms with Gasteiger partial charge in [0.2, 0.25) is 10.0 Å². The molecule has 19 heavy (non-hydrogen) atoms. The van der Waals surface area contributed by atoms with Crippen molar-refractivity contribution in [1.29, 1.82) is 0 Å². The van der Waals surface area contributed by atoms with Gasteiger partial charge in [-0.25, -0.2) is 8.42 Å². The van der Waals surface area contributed by atoms with Crippen molar-refractivity contribution < 1.29 is 13.2 Å². The number of sulfonamides is 1. The molecule has 0 fully saturated rings. The Balaban J connectivity index is 2.89. The summed E-state index contributed by atoms with van der Waals surface area (Å²) in [5.41, 5.74) is 1.00. The van der Waals surface area contributed by atoms with Crippen molar-refractivity contribution in [2.45, 2.75) is 32.9 Å². The summed E-state index contributed by atoms with van der Waals surface area (Å²) >= 11 is 0. The second-order valence-corrected chi connectivity index (χ2v) is 6.64. The van der Waals surface area contributed by atoms with Crippen LogP contribution in [0.15, 0.2) is 30.3 Å². The number of ether oxygens (including phenoxy) is 1. The normalized spacial score (nSPS) is 13.7. The van der Waals surface area contributed by atoms with Crippen LogP contribution in [0.1, 0.15) is 25.8 Å². The van der Waals surface area contributed by atoms with Crippen molar-refractivity contribution in [3.05, 3.63) is 35.9 Å². The molecule has 0 unspecified atom stereocenters. The van der Waals surface area contributed by atoms with Gasteiger partial charge in [0.25, 0.3) is 0 Å². The first-order valence-electron chi connectivity index (χ1n) is 6.53. The molecule has 0 saturated carbocycles. The third kappa shape index (κ3) is 4.93. The van der Waals surface area contributed by atoms with Crippen LogP contribution in [-0.4, -0.2) is 38.2 Å². The van der Waals surface area contributed by atoms with Crippen molar-refractivity contribution in [2.24, 2.45) is 0 Å². The van der Waals surface area contributed by atoms with E-state index in [0.717, 1.165) is 12.0 Å². The SMILES string of the molecule is CC[C@@H](C)N(Cc1ccccc1)S(=O)(=O)CCOC. The predicted octanol–water partition coefficient (Wildman–Crippen LogP) is 2.26. The highest BCUT2D eigenvalue weighted by molar-refractivity contribution is 7.89. The second-order valence-electron chi connectivity index (χ2n) is 4.60. The number of hydrogen-bond donors (Lipinski definition) is 0. The van der Waals surface area contributed by atoms with Crippen molar-refractivity contribution in [2.75, 3.05) is 19.5 Å². The Hall–Kier alpha value is -0.910. The van der Waals surface area contributed by atoms with Gasteiger partial charge in [-0.2, -0.15) is 4.31 Å². The zero-order valence-corrected chi connectivity index (χ0v) is 12.7. The molecule has 0 aliphatic rings. The Bertz CT molecular complexity index is 459. The molecule has 0 aliphatic heterocycles. The summed E-state index contributed by atoms with van der Waals surface area (Å²) in [6, 6.07) is 9.65. The minimum atomic E-state index is -3.29. The van der Waals surface area contributed by atoms with Crippen LogP contribution in [0.3, 0.4) is 0 Å². The van der Waals surface area contributed by atoms with Gasteiger partial charge in [-0.1, -0.05) is 37.3 Å². The first-order chi connectivity index (χ1) is 9.01. The molecule has 0 N–H and O–H groups in total. The summed E-state index contributed by atoms with van der Waals surface area (Å²) in [6.07, 6.45) is 0.791. The lowest BCUT2D eigenvalue weighted by atomic mass is 10.2. The summed E-state index contributed by atoms with van der Waals surface area (Å²) in [4.78, 5) is 0. The summed E-state index contributed by atoms with van der Waals surface area (Å²) in [6.45, 7) is 4.58. The fourth-order valence-electron chi connectivity index (χ4n) is 1.80. The molecule has 1 aromatic rings. The maximum absolute atomic E-state index is 12.3.